The van der Waals surface area contributed by atoms with Crippen molar-refractivity contribution in [3.63, 3.8) is 0 Å². The number of carbonyl (C=O) groups excluding carboxylic acids is 2. The first-order valence-corrected chi connectivity index (χ1v) is 6.92. The van der Waals surface area contributed by atoms with Gasteiger partial charge in [0.25, 0.3) is 0 Å². The van der Waals surface area contributed by atoms with E-state index in [1.165, 1.54) is 0 Å². The predicted molar refractivity (Wildman–Crippen MR) is 75.1 cm³/mol. The van der Waals surface area contributed by atoms with Gasteiger partial charge in [-0.25, -0.2) is 0 Å². The van der Waals surface area contributed by atoms with Crippen LogP contribution in [-0.4, -0.2) is 36.4 Å². The molecule has 1 saturated heterocycles. The van der Waals surface area contributed by atoms with Crippen molar-refractivity contribution in [2.45, 2.75) is 19.3 Å². The Bertz CT molecular complexity index is 453. The van der Waals surface area contributed by atoms with Crippen LogP contribution >= 0.6 is 0 Å². The molecule has 0 atom stereocenters. The highest BCUT2D eigenvalue weighted by Crippen LogP contribution is 2.17. The van der Waals surface area contributed by atoms with E-state index in [4.69, 9.17) is 10.5 Å². The van der Waals surface area contributed by atoms with Gasteiger partial charge in [0.1, 0.15) is 5.75 Å². The molecule has 1 heterocycles. The van der Waals surface area contributed by atoms with Gasteiger partial charge >= 0.3 is 0 Å². The predicted octanol–water partition coefficient (Wildman–Crippen LogP) is 1.18. The second kappa shape index (κ2) is 6.93. The second-order valence-electron chi connectivity index (χ2n) is 4.97. The molecule has 1 fully saturated rings. The average molecular weight is 276 g/mol. The minimum Gasteiger partial charge on any atom is -0.493 e. The van der Waals surface area contributed by atoms with Gasteiger partial charge in [-0.1, -0.05) is 18.2 Å². The van der Waals surface area contributed by atoms with Gasteiger partial charge in [-0.2, -0.15) is 0 Å². The minimum atomic E-state index is -0.260. The Morgan fingerprint density at radius 3 is 2.45 bits per heavy atom. The van der Waals surface area contributed by atoms with Crippen molar-refractivity contribution in [2.75, 3.05) is 19.7 Å². The summed E-state index contributed by atoms with van der Waals surface area (Å²) in [7, 11) is 0. The third kappa shape index (κ3) is 3.98. The number of nitrogens with zero attached hydrogens (tertiary/aromatic N) is 1. The van der Waals surface area contributed by atoms with Crippen LogP contribution in [0.3, 0.4) is 0 Å². The van der Waals surface area contributed by atoms with Crippen molar-refractivity contribution < 1.29 is 14.3 Å². The van der Waals surface area contributed by atoms with Gasteiger partial charge in [-0.15, -0.1) is 0 Å². The van der Waals surface area contributed by atoms with E-state index in [-0.39, 0.29) is 17.7 Å². The highest BCUT2D eigenvalue weighted by Gasteiger charge is 2.25. The lowest BCUT2D eigenvalue weighted by molar-refractivity contribution is -0.135. The normalized spacial score (nSPS) is 15.9. The summed E-state index contributed by atoms with van der Waals surface area (Å²) < 4.78 is 5.51. The van der Waals surface area contributed by atoms with Gasteiger partial charge in [-0.05, 0) is 25.0 Å². The fourth-order valence-electron chi connectivity index (χ4n) is 2.34. The zero-order chi connectivity index (χ0) is 14.4. The molecule has 5 nitrogen and oxygen atoms in total. The number of rotatable bonds is 5. The molecule has 1 aliphatic heterocycles. The number of hydrogen-bond acceptors (Lipinski definition) is 3. The number of primary amides is 1. The van der Waals surface area contributed by atoms with Crippen LogP contribution in [0.4, 0.5) is 0 Å². The number of ether oxygens (including phenoxy) is 1. The van der Waals surface area contributed by atoms with Gasteiger partial charge in [0.05, 0.1) is 13.0 Å². The molecule has 2 rings (SSSR count). The highest BCUT2D eigenvalue weighted by molar-refractivity contribution is 5.78. The van der Waals surface area contributed by atoms with E-state index in [1.807, 2.05) is 30.3 Å². The number of hydrogen-bond donors (Lipinski definition) is 1. The van der Waals surface area contributed by atoms with E-state index in [1.54, 1.807) is 4.90 Å². The Kier molecular flexibility index (Phi) is 4.98. The van der Waals surface area contributed by atoms with Crippen LogP contribution in [0.5, 0.6) is 5.75 Å². The lowest BCUT2D eigenvalue weighted by atomic mass is 9.96. The van der Waals surface area contributed by atoms with Crippen LogP contribution < -0.4 is 10.5 Å². The highest BCUT2D eigenvalue weighted by atomic mass is 16.5. The fourth-order valence-corrected chi connectivity index (χ4v) is 2.34. The van der Waals surface area contributed by atoms with E-state index < -0.39 is 0 Å². The summed E-state index contributed by atoms with van der Waals surface area (Å²) in [6.45, 7) is 1.59. The van der Waals surface area contributed by atoms with E-state index in [9.17, 15) is 9.59 Å². The number of nitrogens with two attached hydrogens (primary N) is 1. The van der Waals surface area contributed by atoms with Gasteiger partial charge < -0.3 is 15.4 Å². The van der Waals surface area contributed by atoms with E-state index >= 15 is 0 Å². The largest absolute Gasteiger partial charge is 0.493 e. The maximum absolute atomic E-state index is 12.0. The van der Waals surface area contributed by atoms with Crippen LogP contribution in [0.25, 0.3) is 0 Å². The molecule has 0 bridgehead atoms. The molecule has 0 radical (unpaired) electrons. The summed E-state index contributed by atoms with van der Waals surface area (Å²) in [5, 5.41) is 0. The van der Waals surface area contributed by atoms with Crippen molar-refractivity contribution in [3.05, 3.63) is 30.3 Å². The molecule has 1 aromatic rings. The Balaban J connectivity index is 1.69. The number of amides is 2. The molecule has 0 saturated carbocycles. The van der Waals surface area contributed by atoms with Crippen LogP contribution in [0.1, 0.15) is 19.3 Å². The summed E-state index contributed by atoms with van der Waals surface area (Å²) in [5.74, 6) is 0.501. The van der Waals surface area contributed by atoms with Gasteiger partial charge in [0.15, 0.2) is 0 Å². The molecule has 108 valence electrons. The fraction of sp³-hybridized carbons (Fsp3) is 0.467. The molecule has 1 aliphatic rings. The molecule has 0 aromatic heterocycles. The van der Waals surface area contributed by atoms with E-state index in [0.29, 0.717) is 39.0 Å². The first kappa shape index (κ1) is 14.4. The van der Waals surface area contributed by atoms with Gasteiger partial charge in [-0.3, -0.25) is 9.59 Å². The lowest BCUT2D eigenvalue weighted by Crippen LogP contribution is -2.42. The Hall–Kier alpha value is -2.04. The number of carbonyl (C=O) groups is 2. The summed E-state index contributed by atoms with van der Waals surface area (Å²) in [6.07, 6.45) is 1.69. The zero-order valence-electron chi connectivity index (χ0n) is 11.5. The van der Waals surface area contributed by atoms with Gasteiger partial charge in [0, 0.05) is 19.0 Å². The smallest absolute Gasteiger partial charge is 0.225 e. The van der Waals surface area contributed by atoms with Crippen molar-refractivity contribution in [1.82, 2.24) is 4.90 Å². The second-order valence-corrected chi connectivity index (χ2v) is 4.97. The zero-order valence-corrected chi connectivity index (χ0v) is 11.5. The summed E-state index contributed by atoms with van der Waals surface area (Å²) in [5.41, 5.74) is 5.27. The monoisotopic (exact) mass is 276 g/mol. The maximum Gasteiger partial charge on any atom is 0.225 e. The molecule has 2 amide bonds. The molecular weight excluding hydrogens is 256 g/mol. The SMILES string of the molecule is NC(=O)C1CCN(C(=O)CCOc2ccccc2)CC1. The number of benzene rings is 1. The third-order valence-corrected chi connectivity index (χ3v) is 3.58. The van der Waals surface area contributed by atoms with Crippen molar-refractivity contribution >= 4 is 11.8 Å². The number of likely N-dealkylation sites (tertiary alicyclic amines) is 1. The molecule has 0 unspecified atom stereocenters. The molecular formula is C15H20N2O3. The summed E-state index contributed by atoms with van der Waals surface area (Å²) in [6, 6.07) is 9.43. The third-order valence-electron chi connectivity index (χ3n) is 3.58. The summed E-state index contributed by atoms with van der Waals surface area (Å²) >= 11 is 0. The standard InChI is InChI=1S/C15H20N2O3/c16-15(19)12-6-9-17(10-7-12)14(18)8-11-20-13-4-2-1-3-5-13/h1-5,12H,6-11H2,(H2,16,19). The number of piperidine rings is 1. The first-order chi connectivity index (χ1) is 9.66. The van der Waals surface area contributed by atoms with E-state index in [0.717, 1.165) is 5.75 Å². The summed E-state index contributed by atoms with van der Waals surface area (Å²) in [4.78, 5) is 24.8. The molecule has 2 N–H and O–H groups in total. The molecule has 0 aliphatic carbocycles. The van der Waals surface area contributed by atoms with Crippen LogP contribution in [0, 0.1) is 5.92 Å². The lowest BCUT2D eigenvalue weighted by Gasteiger charge is -2.30. The maximum atomic E-state index is 12.0. The van der Waals surface area contributed by atoms with E-state index in [2.05, 4.69) is 0 Å². The quantitative estimate of drug-likeness (QED) is 0.877. The van der Waals surface area contributed by atoms with Crippen LogP contribution in [-0.2, 0) is 9.59 Å². The van der Waals surface area contributed by atoms with Crippen molar-refractivity contribution in [2.24, 2.45) is 11.7 Å². The Morgan fingerprint density at radius 2 is 1.85 bits per heavy atom. The Morgan fingerprint density at radius 1 is 1.20 bits per heavy atom. The van der Waals surface area contributed by atoms with Crippen molar-refractivity contribution in [3.8, 4) is 5.75 Å². The molecule has 20 heavy (non-hydrogen) atoms. The van der Waals surface area contributed by atoms with Crippen LogP contribution in [0.2, 0.25) is 0 Å². The van der Waals surface area contributed by atoms with Gasteiger partial charge in [0.2, 0.25) is 11.8 Å². The first-order valence-electron chi connectivity index (χ1n) is 6.92. The minimum absolute atomic E-state index is 0.0730. The molecule has 0 spiro atoms. The number of para-hydroxylation sites is 1. The average Bonchev–Trinajstić information content (AvgIpc) is 2.48. The molecule has 1 aromatic carbocycles. The van der Waals surface area contributed by atoms with Crippen molar-refractivity contribution in [1.29, 1.82) is 0 Å². The topological polar surface area (TPSA) is 72.6 Å². The molecule has 5 heteroatoms. The van der Waals surface area contributed by atoms with Crippen LogP contribution in [0.15, 0.2) is 30.3 Å². The Labute approximate surface area is 118 Å².